The number of likely N-dealkylation sites (tertiary alicyclic amines) is 3. The normalized spacial score (nSPS) is 18.7. The zero-order chi connectivity index (χ0) is 60.9. The lowest BCUT2D eigenvalue weighted by atomic mass is 10.0. The van der Waals surface area contributed by atoms with Gasteiger partial charge in [0.15, 0.2) is 5.96 Å². The molecule has 0 radical (unpaired) electrons. The van der Waals surface area contributed by atoms with E-state index in [1.54, 1.807) is 24.3 Å². The molecule has 29 heteroatoms. The Hall–Kier alpha value is -8.89. The Morgan fingerprint density at radius 2 is 0.916 bits per heavy atom. The summed E-state index contributed by atoms with van der Waals surface area (Å²) in [5, 5.41) is 32.7. The number of hydrogen-bond acceptors (Lipinski definition) is 15. The van der Waals surface area contributed by atoms with E-state index in [0.29, 0.717) is 18.4 Å². The standard InChI is InChI=1S/C54H77N15O14/c55-33(28-30-8-2-1-3-9-30)45(74)63-35(10-4-24-61-54(59)60)50(79)67-25-5-11-39(67)47(76)62-34(18-21-42(56)71)46(75)64-36(19-22-43(57)72)51(80)68-26-6-13-41(68)49(78)66-38(29-31-14-16-32(70)17-15-31)52(81)69-27-7-12-40(69)48(77)65-37(53(82)83)20-23-44(58)73/h1-3,8-9,14-17,33-41,70H,4-7,10-13,18-29,55H2,(H2,56,71)(H2,57,72)(H2,58,73)(H,62,76)(H,63,74)(H,64,75)(H,65,77)(H,66,78)(H,82,83)(H4,59,60,61)/t33-,34-,35-,36-,37-,38-,39-,40-,41-/m0/s1. The van der Waals surface area contributed by atoms with Gasteiger partial charge in [0.1, 0.15) is 54.1 Å². The Bertz CT molecular complexity index is 2710. The summed E-state index contributed by atoms with van der Waals surface area (Å²) in [5.74, 6) is -10.4. The molecule has 11 amide bonds. The fraction of sp³-hybridized carbons (Fsp3) is 0.537. The van der Waals surface area contributed by atoms with Crippen molar-refractivity contribution in [2.45, 2.75) is 157 Å². The van der Waals surface area contributed by atoms with Crippen molar-refractivity contribution in [1.82, 2.24) is 41.3 Å². The SMILES string of the molecule is NC(=O)CC[C@H](NC(=O)[C@@H]1CCCN1C(=O)[C@H](Cc1ccc(O)cc1)NC(=O)[C@@H]1CCCN1C(=O)[C@H](CCC(N)=O)NC(=O)[C@H](CCC(N)=O)NC(=O)[C@@H]1CCCN1C(=O)[C@H](CCCN=C(N)N)NC(=O)[C@@H](N)Cc1ccccc1)C(=O)O. The number of benzene rings is 2. The fourth-order valence-corrected chi connectivity index (χ4v) is 10.3. The highest BCUT2D eigenvalue weighted by atomic mass is 16.4. The zero-order valence-electron chi connectivity index (χ0n) is 46.1. The van der Waals surface area contributed by atoms with Crippen LogP contribution in [0.4, 0.5) is 0 Å². The number of carboxylic acid groups (broad SMARTS) is 1. The van der Waals surface area contributed by atoms with Crippen molar-refractivity contribution in [3.05, 3.63) is 65.7 Å². The van der Waals surface area contributed by atoms with E-state index in [0.717, 1.165) is 10.5 Å². The second-order valence-corrected chi connectivity index (χ2v) is 20.8. The monoisotopic (exact) mass is 1160 g/mol. The average molecular weight is 1160 g/mol. The molecule has 0 spiro atoms. The first-order chi connectivity index (χ1) is 39.4. The van der Waals surface area contributed by atoms with Gasteiger partial charge in [0.25, 0.3) is 0 Å². The molecule has 5 rings (SSSR count). The summed E-state index contributed by atoms with van der Waals surface area (Å²) in [5.41, 5.74) is 34.7. The topological polar surface area (TPSA) is 484 Å². The molecule has 3 aliphatic heterocycles. The number of nitrogens with one attached hydrogen (secondary N) is 5. The maximum atomic E-state index is 14.6. The Morgan fingerprint density at radius 1 is 0.506 bits per heavy atom. The summed E-state index contributed by atoms with van der Waals surface area (Å²) >= 11 is 0. The predicted molar refractivity (Wildman–Crippen MR) is 297 cm³/mol. The maximum absolute atomic E-state index is 14.6. The number of phenolic OH excluding ortho intramolecular Hbond substituents is 1. The van der Waals surface area contributed by atoms with Crippen LogP contribution in [0, 0.1) is 0 Å². The summed E-state index contributed by atoms with van der Waals surface area (Å²) in [6.45, 7) is 0.201. The number of rotatable bonds is 31. The van der Waals surface area contributed by atoms with Crippen molar-refractivity contribution in [2.24, 2.45) is 39.4 Å². The number of aliphatic imine (C=N–C) groups is 1. The van der Waals surface area contributed by atoms with E-state index in [1.807, 2.05) is 6.07 Å². The number of nitrogens with zero attached hydrogens (tertiary/aromatic N) is 4. The van der Waals surface area contributed by atoms with Gasteiger partial charge in [-0.1, -0.05) is 42.5 Å². The number of aliphatic carboxylic acids is 1. The van der Waals surface area contributed by atoms with Gasteiger partial charge in [0, 0.05) is 51.9 Å². The van der Waals surface area contributed by atoms with Crippen molar-refractivity contribution in [3.63, 3.8) is 0 Å². The number of guanidine groups is 1. The first-order valence-electron chi connectivity index (χ1n) is 27.6. The van der Waals surface area contributed by atoms with Crippen LogP contribution in [0.25, 0.3) is 0 Å². The van der Waals surface area contributed by atoms with E-state index < -0.39 is 138 Å². The van der Waals surface area contributed by atoms with Crippen molar-refractivity contribution < 1.29 is 67.7 Å². The van der Waals surface area contributed by atoms with Crippen molar-refractivity contribution in [1.29, 1.82) is 0 Å². The molecule has 0 bridgehead atoms. The fourth-order valence-electron chi connectivity index (χ4n) is 10.3. The molecule has 0 aliphatic carbocycles. The Morgan fingerprint density at radius 3 is 1.39 bits per heavy atom. The number of amides is 11. The Labute approximate surface area is 478 Å². The molecule has 3 aliphatic rings. The summed E-state index contributed by atoms with van der Waals surface area (Å²) in [4.78, 5) is 169. The van der Waals surface area contributed by atoms with Crippen molar-refractivity contribution in [3.8, 4) is 5.75 Å². The van der Waals surface area contributed by atoms with Crippen molar-refractivity contribution >= 4 is 76.9 Å². The Kier molecular flexibility index (Phi) is 24.5. The van der Waals surface area contributed by atoms with Gasteiger partial charge >= 0.3 is 5.97 Å². The summed E-state index contributed by atoms with van der Waals surface area (Å²) < 4.78 is 0. The zero-order valence-corrected chi connectivity index (χ0v) is 46.1. The minimum Gasteiger partial charge on any atom is -0.508 e. The average Bonchev–Trinajstić information content (AvgIpc) is 4.43. The number of carbonyl (C=O) groups excluding carboxylic acids is 11. The van der Waals surface area contributed by atoms with Crippen LogP contribution in [0.5, 0.6) is 5.75 Å². The molecule has 3 heterocycles. The summed E-state index contributed by atoms with van der Waals surface area (Å²) in [7, 11) is 0. The number of phenols is 1. The molecule has 0 unspecified atom stereocenters. The molecular weight excluding hydrogens is 1080 g/mol. The van der Waals surface area contributed by atoms with Crippen LogP contribution in [0.3, 0.4) is 0 Å². The van der Waals surface area contributed by atoms with Crippen LogP contribution in [-0.2, 0) is 70.4 Å². The van der Waals surface area contributed by atoms with E-state index >= 15 is 0 Å². The molecule has 3 saturated heterocycles. The van der Waals surface area contributed by atoms with Gasteiger partial charge in [0.2, 0.25) is 65.0 Å². The van der Waals surface area contributed by atoms with Crippen LogP contribution in [0.15, 0.2) is 59.6 Å². The number of hydrogen-bond donors (Lipinski definition) is 13. The Balaban J connectivity index is 1.33. The molecule has 3 fully saturated rings. The third kappa shape index (κ3) is 19.7. The number of nitrogens with two attached hydrogens (primary N) is 6. The highest BCUT2D eigenvalue weighted by molar-refractivity contribution is 5.99. The molecule has 2 aromatic rings. The van der Waals surface area contributed by atoms with Gasteiger partial charge in [-0.3, -0.25) is 57.7 Å². The van der Waals surface area contributed by atoms with Crippen molar-refractivity contribution in [2.75, 3.05) is 26.2 Å². The second kappa shape index (κ2) is 31.4. The van der Waals surface area contributed by atoms with E-state index in [9.17, 15) is 67.7 Å². The van der Waals surface area contributed by atoms with Crippen LogP contribution < -0.4 is 61.0 Å². The highest BCUT2D eigenvalue weighted by Gasteiger charge is 2.44. The third-order valence-corrected chi connectivity index (χ3v) is 14.6. The molecular formula is C54H77N15O14. The molecule has 83 heavy (non-hydrogen) atoms. The molecule has 19 N–H and O–H groups in total. The molecule has 452 valence electrons. The van der Waals surface area contributed by atoms with Crippen LogP contribution in [0.2, 0.25) is 0 Å². The first kappa shape index (κ1) is 64.9. The van der Waals surface area contributed by atoms with E-state index in [-0.39, 0.29) is 115 Å². The minimum absolute atomic E-state index is 0.0343. The van der Waals surface area contributed by atoms with Crippen LogP contribution >= 0.6 is 0 Å². The van der Waals surface area contributed by atoms with Gasteiger partial charge in [-0.15, -0.1) is 0 Å². The summed E-state index contributed by atoms with van der Waals surface area (Å²) in [6.07, 6.45) is -0.736. The largest absolute Gasteiger partial charge is 0.508 e. The lowest BCUT2D eigenvalue weighted by molar-refractivity contribution is -0.146. The van der Waals surface area contributed by atoms with Gasteiger partial charge in [0.05, 0.1) is 6.04 Å². The maximum Gasteiger partial charge on any atom is 0.326 e. The number of primary amides is 3. The quantitative estimate of drug-likeness (QED) is 0.0194. The summed E-state index contributed by atoms with van der Waals surface area (Å²) in [6, 6.07) is 2.87. The third-order valence-electron chi connectivity index (χ3n) is 14.6. The van der Waals surface area contributed by atoms with Gasteiger partial charge in [-0.05, 0) is 100 Å². The van der Waals surface area contributed by atoms with E-state index in [1.165, 1.54) is 34.1 Å². The van der Waals surface area contributed by atoms with E-state index in [2.05, 4.69) is 31.6 Å². The highest BCUT2D eigenvalue weighted by Crippen LogP contribution is 2.25. The molecule has 29 nitrogen and oxygen atoms in total. The lowest BCUT2D eigenvalue weighted by Crippen LogP contribution is -2.60. The molecule has 2 aromatic carbocycles. The van der Waals surface area contributed by atoms with Crippen LogP contribution in [-0.4, -0.2) is 182 Å². The lowest BCUT2D eigenvalue weighted by Gasteiger charge is -2.32. The number of aromatic hydroxyl groups is 1. The second-order valence-electron chi connectivity index (χ2n) is 20.8. The number of carboxylic acids is 1. The van der Waals surface area contributed by atoms with Gasteiger partial charge in [-0.25, -0.2) is 4.79 Å². The first-order valence-corrected chi connectivity index (χ1v) is 27.6. The predicted octanol–water partition coefficient (Wildman–Crippen LogP) is -4.16. The van der Waals surface area contributed by atoms with Gasteiger partial charge < -0.3 is 85.9 Å². The van der Waals surface area contributed by atoms with E-state index in [4.69, 9.17) is 34.4 Å². The minimum atomic E-state index is -1.56. The number of carbonyl (C=O) groups is 12. The molecule has 9 atom stereocenters. The van der Waals surface area contributed by atoms with Gasteiger partial charge in [-0.2, -0.15) is 0 Å². The van der Waals surface area contributed by atoms with Crippen LogP contribution in [0.1, 0.15) is 101 Å². The smallest absolute Gasteiger partial charge is 0.326 e. The molecule has 0 aromatic heterocycles. The molecule has 0 saturated carbocycles.